The fourth-order valence-corrected chi connectivity index (χ4v) is 4.05. The molecule has 164 valence electrons. The Hall–Kier alpha value is -2.88. The summed E-state index contributed by atoms with van der Waals surface area (Å²) >= 11 is 5.86. The van der Waals surface area contributed by atoms with E-state index in [1.54, 1.807) is 23.7 Å². The topological polar surface area (TPSA) is 56.0 Å². The monoisotopic (exact) mass is 455 g/mol. The first-order valence-corrected chi connectivity index (χ1v) is 9.91. The summed E-state index contributed by atoms with van der Waals surface area (Å²) in [5.74, 6) is -0.765. The first-order valence-electron chi connectivity index (χ1n) is 9.53. The number of alkyl halides is 3. The Morgan fingerprint density at radius 2 is 1.81 bits per heavy atom. The van der Waals surface area contributed by atoms with Crippen LogP contribution in [0.2, 0.25) is 5.02 Å². The zero-order valence-corrected chi connectivity index (χ0v) is 17.4. The van der Waals surface area contributed by atoms with E-state index < -0.39 is 22.9 Å². The van der Waals surface area contributed by atoms with Gasteiger partial charge in [-0.2, -0.15) is 23.4 Å². The van der Waals surface area contributed by atoms with E-state index in [2.05, 4.69) is 10.2 Å². The zero-order valence-electron chi connectivity index (χ0n) is 16.6. The second-order valence-corrected chi connectivity index (χ2v) is 7.72. The number of piperidine rings is 1. The molecule has 1 aromatic carbocycles. The average molecular weight is 456 g/mol. The Labute approximate surface area is 180 Å². The Bertz CT molecular complexity index is 1140. The molecular formula is C20H18ClF4N5O. The van der Waals surface area contributed by atoms with Crippen LogP contribution in [0.1, 0.15) is 36.0 Å². The number of anilines is 1. The minimum atomic E-state index is -4.71. The SMILES string of the molecule is Cc1c(N2CCCC(n3nc(C(F)(F)F)c(Cl)c3C)C2=O)cnn1-c1ccc(F)cc1. The summed E-state index contributed by atoms with van der Waals surface area (Å²) in [6, 6.07) is 4.83. The van der Waals surface area contributed by atoms with E-state index in [0.717, 1.165) is 4.68 Å². The standard InChI is InChI=1S/C20H18ClF4N5O/c1-11-16(10-26-29(11)14-7-5-13(22)6-8-14)28-9-3-4-15(19(28)31)30-12(2)17(21)18(27-30)20(23,24)25/h5-8,10,15H,3-4,9H2,1-2H3. The number of hydrogen-bond donors (Lipinski definition) is 0. The molecular weight excluding hydrogens is 438 g/mol. The first kappa shape index (κ1) is 21.4. The van der Waals surface area contributed by atoms with Crippen molar-refractivity contribution in [2.45, 2.75) is 38.9 Å². The van der Waals surface area contributed by atoms with Crippen molar-refractivity contribution in [3.05, 3.63) is 58.4 Å². The molecule has 11 heteroatoms. The Morgan fingerprint density at radius 3 is 2.42 bits per heavy atom. The first-order chi connectivity index (χ1) is 14.6. The van der Waals surface area contributed by atoms with Crippen LogP contribution >= 0.6 is 11.6 Å². The number of halogens is 5. The van der Waals surface area contributed by atoms with Gasteiger partial charge in [0.05, 0.1) is 34.0 Å². The quantitative estimate of drug-likeness (QED) is 0.530. The van der Waals surface area contributed by atoms with Gasteiger partial charge in [0.1, 0.15) is 11.9 Å². The van der Waals surface area contributed by atoms with Gasteiger partial charge in [-0.25, -0.2) is 9.07 Å². The van der Waals surface area contributed by atoms with Crippen LogP contribution in [0.3, 0.4) is 0 Å². The fourth-order valence-electron chi connectivity index (χ4n) is 3.81. The number of amides is 1. The third-order valence-electron chi connectivity index (χ3n) is 5.40. The van der Waals surface area contributed by atoms with E-state index in [9.17, 15) is 22.4 Å². The minimum absolute atomic E-state index is 0.0907. The normalized spacial score (nSPS) is 17.5. The van der Waals surface area contributed by atoms with E-state index in [0.29, 0.717) is 36.5 Å². The van der Waals surface area contributed by atoms with Crippen molar-refractivity contribution in [3.63, 3.8) is 0 Å². The maximum Gasteiger partial charge on any atom is 0.436 e. The van der Waals surface area contributed by atoms with Gasteiger partial charge >= 0.3 is 6.18 Å². The number of aromatic nitrogens is 4. The van der Waals surface area contributed by atoms with Gasteiger partial charge in [-0.05, 0) is 51.0 Å². The van der Waals surface area contributed by atoms with Crippen LogP contribution in [-0.2, 0) is 11.0 Å². The zero-order chi connectivity index (χ0) is 22.5. The van der Waals surface area contributed by atoms with Crippen molar-refractivity contribution in [1.29, 1.82) is 0 Å². The third-order valence-corrected chi connectivity index (χ3v) is 5.85. The molecule has 0 spiro atoms. The summed E-state index contributed by atoms with van der Waals surface area (Å²) in [7, 11) is 0. The van der Waals surface area contributed by atoms with Gasteiger partial charge in [0, 0.05) is 6.54 Å². The summed E-state index contributed by atoms with van der Waals surface area (Å²) in [5.41, 5.74) is 0.693. The van der Waals surface area contributed by atoms with E-state index in [4.69, 9.17) is 11.6 Å². The molecule has 1 aliphatic heterocycles. The van der Waals surface area contributed by atoms with Crippen LogP contribution in [0.5, 0.6) is 0 Å². The molecule has 1 atom stereocenters. The maximum atomic E-state index is 13.2. The Kier molecular flexibility index (Phi) is 5.28. The minimum Gasteiger partial charge on any atom is -0.307 e. The van der Waals surface area contributed by atoms with Crippen LogP contribution in [0, 0.1) is 19.7 Å². The summed E-state index contributed by atoms with van der Waals surface area (Å²) in [5, 5.41) is 7.42. The second-order valence-electron chi connectivity index (χ2n) is 7.34. The molecule has 3 aromatic rings. The second kappa shape index (κ2) is 7.67. The van der Waals surface area contributed by atoms with Gasteiger partial charge < -0.3 is 4.90 Å². The van der Waals surface area contributed by atoms with Crippen molar-refractivity contribution in [1.82, 2.24) is 19.6 Å². The lowest BCUT2D eigenvalue weighted by atomic mass is 10.0. The molecule has 1 unspecified atom stereocenters. The molecule has 0 aliphatic carbocycles. The van der Waals surface area contributed by atoms with Crippen LogP contribution in [0.4, 0.5) is 23.2 Å². The van der Waals surface area contributed by atoms with Crippen molar-refractivity contribution in [2.75, 3.05) is 11.4 Å². The molecule has 3 heterocycles. The summed E-state index contributed by atoms with van der Waals surface area (Å²) < 4.78 is 55.5. The number of hydrogen-bond acceptors (Lipinski definition) is 3. The highest BCUT2D eigenvalue weighted by Crippen LogP contribution is 2.38. The average Bonchev–Trinajstić information content (AvgIpc) is 3.23. The molecule has 6 nitrogen and oxygen atoms in total. The van der Waals surface area contributed by atoms with Crippen LogP contribution in [0.15, 0.2) is 30.5 Å². The van der Waals surface area contributed by atoms with Crippen molar-refractivity contribution < 1.29 is 22.4 Å². The maximum absolute atomic E-state index is 13.2. The van der Waals surface area contributed by atoms with Gasteiger partial charge in [-0.15, -0.1) is 0 Å². The summed E-state index contributed by atoms with van der Waals surface area (Å²) in [4.78, 5) is 14.7. The Morgan fingerprint density at radius 1 is 1.13 bits per heavy atom. The molecule has 31 heavy (non-hydrogen) atoms. The highest BCUT2D eigenvalue weighted by molar-refractivity contribution is 6.32. The van der Waals surface area contributed by atoms with Gasteiger partial charge in [0.2, 0.25) is 0 Å². The lowest BCUT2D eigenvalue weighted by Crippen LogP contribution is -2.43. The molecule has 4 rings (SSSR count). The molecule has 1 fully saturated rings. The molecule has 0 N–H and O–H groups in total. The highest BCUT2D eigenvalue weighted by atomic mass is 35.5. The predicted molar refractivity (Wildman–Crippen MR) is 106 cm³/mol. The van der Waals surface area contributed by atoms with Crippen molar-refractivity contribution in [2.24, 2.45) is 0 Å². The largest absolute Gasteiger partial charge is 0.436 e. The molecule has 1 aliphatic rings. The van der Waals surface area contributed by atoms with E-state index in [1.165, 1.54) is 30.2 Å². The van der Waals surface area contributed by atoms with Crippen LogP contribution < -0.4 is 4.90 Å². The number of nitrogens with zero attached hydrogens (tertiary/aromatic N) is 5. The van der Waals surface area contributed by atoms with E-state index in [-0.39, 0.29) is 17.4 Å². The van der Waals surface area contributed by atoms with Crippen molar-refractivity contribution >= 4 is 23.2 Å². The summed E-state index contributed by atoms with van der Waals surface area (Å²) in [6.45, 7) is 3.57. The number of carbonyl (C=O) groups excluding carboxylic acids is 1. The molecule has 2 aromatic heterocycles. The van der Waals surface area contributed by atoms with Crippen LogP contribution in [-0.4, -0.2) is 32.0 Å². The van der Waals surface area contributed by atoms with E-state index >= 15 is 0 Å². The third kappa shape index (κ3) is 3.69. The van der Waals surface area contributed by atoms with Gasteiger partial charge in [-0.3, -0.25) is 9.48 Å². The van der Waals surface area contributed by atoms with E-state index in [1.807, 2.05) is 0 Å². The lowest BCUT2D eigenvalue weighted by molar-refractivity contribution is -0.142. The predicted octanol–water partition coefficient (Wildman–Crippen LogP) is 4.87. The van der Waals surface area contributed by atoms with Gasteiger partial charge in [0.25, 0.3) is 5.91 Å². The lowest BCUT2D eigenvalue weighted by Gasteiger charge is -2.32. The number of benzene rings is 1. The molecule has 0 radical (unpaired) electrons. The number of rotatable bonds is 3. The molecule has 0 saturated carbocycles. The Balaban J connectivity index is 1.67. The molecule has 1 saturated heterocycles. The van der Waals surface area contributed by atoms with Gasteiger partial charge in [0.15, 0.2) is 5.69 Å². The molecule has 0 bridgehead atoms. The summed E-state index contributed by atoms with van der Waals surface area (Å²) in [6.07, 6.45) is -2.28. The fraction of sp³-hybridized carbons (Fsp3) is 0.350. The van der Waals surface area contributed by atoms with Gasteiger partial charge in [-0.1, -0.05) is 11.6 Å². The van der Waals surface area contributed by atoms with Crippen molar-refractivity contribution in [3.8, 4) is 5.69 Å². The highest BCUT2D eigenvalue weighted by Gasteiger charge is 2.41. The smallest absolute Gasteiger partial charge is 0.307 e. The number of carbonyl (C=O) groups is 1. The van der Waals surface area contributed by atoms with Crippen LogP contribution in [0.25, 0.3) is 5.69 Å². The molecule has 1 amide bonds.